The molecule has 3 heterocycles. The first-order chi connectivity index (χ1) is 13.4. The first-order valence-electron chi connectivity index (χ1n) is 9.66. The Kier molecular flexibility index (Phi) is 6.80. The van der Waals surface area contributed by atoms with Crippen molar-refractivity contribution in [2.45, 2.75) is 26.3 Å². The van der Waals surface area contributed by atoms with Gasteiger partial charge in [-0.3, -0.25) is 14.5 Å². The van der Waals surface area contributed by atoms with Crippen LogP contribution in [-0.4, -0.2) is 60.3 Å². The number of thiophene rings is 1. The molecule has 1 saturated heterocycles. The van der Waals surface area contributed by atoms with Crippen LogP contribution >= 0.6 is 11.3 Å². The number of piperidine rings is 1. The fourth-order valence-corrected chi connectivity index (χ4v) is 4.20. The Morgan fingerprint density at radius 3 is 2.61 bits per heavy atom. The number of nitrogens with zero attached hydrogens (tertiary/aromatic N) is 3. The zero-order chi connectivity index (χ0) is 20.1. The highest BCUT2D eigenvalue weighted by atomic mass is 32.1. The zero-order valence-electron chi connectivity index (χ0n) is 16.8. The van der Waals surface area contributed by atoms with Gasteiger partial charge in [-0.25, -0.2) is 4.98 Å². The van der Waals surface area contributed by atoms with Crippen molar-refractivity contribution < 1.29 is 9.59 Å². The molecule has 150 valence electrons. The molecule has 0 spiro atoms. The lowest BCUT2D eigenvalue weighted by Gasteiger charge is -2.31. The van der Waals surface area contributed by atoms with Crippen LogP contribution in [0.5, 0.6) is 0 Å². The van der Waals surface area contributed by atoms with E-state index < -0.39 is 0 Å². The molecule has 1 N–H and O–H groups in total. The second kappa shape index (κ2) is 9.30. The van der Waals surface area contributed by atoms with Crippen LogP contribution in [-0.2, 0) is 6.54 Å². The van der Waals surface area contributed by atoms with Crippen molar-refractivity contribution in [2.75, 3.05) is 33.7 Å². The Bertz CT molecular complexity index is 812. The van der Waals surface area contributed by atoms with Gasteiger partial charge in [0.25, 0.3) is 11.8 Å². The molecule has 0 aliphatic carbocycles. The van der Waals surface area contributed by atoms with Gasteiger partial charge in [0, 0.05) is 32.1 Å². The van der Waals surface area contributed by atoms with Gasteiger partial charge < -0.3 is 10.2 Å². The minimum absolute atomic E-state index is 0.116. The van der Waals surface area contributed by atoms with Gasteiger partial charge in [0.15, 0.2) is 0 Å². The molecular weight excluding hydrogens is 372 g/mol. The summed E-state index contributed by atoms with van der Waals surface area (Å²) in [7, 11) is 3.37. The Balaban J connectivity index is 1.47. The van der Waals surface area contributed by atoms with Crippen molar-refractivity contribution in [2.24, 2.45) is 5.92 Å². The van der Waals surface area contributed by atoms with E-state index in [1.54, 1.807) is 44.5 Å². The first kappa shape index (κ1) is 20.5. The average molecular weight is 401 g/mol. The number of rotatable bonds is 6. The molecule has 0 aromatic carbocycles. The number of aromatic nitrogens is 1. The van der Waals surface area contributed by atoms with E-state index in [1.165, 1.54) is 9.78 Å². The van der Waals surface area contributed by atoms with Gasteiger partial charge in [-0.05, 0) is 62.4 Å². The normalized spacial score (nSPS) is 15.4. The van der Waals surface area contributed by atoms with E-state index in [4.69, 9.17) is 0 Å². The highest BCUT2D eigenvalue weighted by molar-refractivity contribution is 7.09. The van der Waals surface area contributed by atoms with Crippen molar-refractivity contribution >= 4 is 23.2 Å². The number of pyridine rings is 1. The van der Waals surface area contributed by atoms with Crippen LogP contribution in [0.15, 0.2) is 29.6 Å². The number of hydrogen-bond acceptors (Lipinski definition) is 5. The minimum Gasteiger partial charge on any atom is -0.352 e. The smallest absolute Gasteiger partial charge is 0.271 e. The number of nitrogens with one attached hydrogen (secondary N) is 1. The van der Waals surface area contributed by atoms with E-state index >= 15 is 0 Å². The van der Waals surface area contributed by atoms with Crippen LogP contribution in [0.4, 0.5) is 0 Å². The van der Waals surface area contributed by atoms with E-state index in [2.05, 4.69) is 32.7 Å². The van der Waals surface area contributed by atoms with Gasteiger partial charge in [0.05, 0.1) is 11.3 Å². The molecule has 0 bridgehead atoms. The molecule has 28 heavy (non-hydrogen) atoms. The maximum absolute atomic E-state index is 12.5. The summed E-state index contributed by atoms with van der Waals surface area (Å²) >= 11 is 1.81. The maximum Gasteiger partial charge on any atom is 0.271 e. The number of carbonyl (C=O) groups excluding carboxylic acids is 2. The lowest BCUT2D eigenvalue weighted by atomic mass is 9.96. The van der Waals surface area contributed by atoms with E-state index in [-0.39, 0.29) is 11.8 Å². The van der Waals surface area contributed by atoms with Gasteiger partial charge in [0.1, 0.15) is 5.69 Å². The Morgan fingerprint density at radius 2 is 2.00 bits per heavy atom. The van der Waals surface area contributed by atoms with Gasteiger partial charge in [0.2, 0.25) is 0 Å². The molecule has 1 aliphatic heterocycles. The summed E-state index contributed by atoms with van der Waals surface area (Å²) in [6.45, 7) is 5.62. The predicted molar refractivity (Wildman–Crippen MR) is 112 cm³/mol. The van der Waals surface area contributed by atoms with Crippen molar-refractivity contribution in [3.05, 3.63) is 51.5 Å². The van der Waals surface area contributed by atoms with Crippen LogP contribution in [0.1, 0.15) is 44.3 Å². The third-order valence-electron chi connectivity index (χ3n) is 5.17. The van der Waals surface area contributed by atoms with E-state index in [0.29, 0.717) is 29.4 Å². The maximum atomic E-state index is 12.5. The summed E-state index contributed by atoms with van der Waals surface area (Å²) in [5, 5.41) is 5.17. The number of aryl methyl sites for hydroxylation is 1. The lowest BCUT2D eigenvalue weighted by Crippen LogP contribution is -2.38. The predicted octanol–water partition coefficient (Wildman–Crippen LogP) is 2.80. The molecule has 3 rings (SSSR count). The van der Waals surface area contributed by atoms with Crippen LogP contribution < -0.4 is 5.32 Å². The van der Waals surface area contributed by atoms with Crippen LogP contribution in [0.25, 0.3) is 0 Å². The number of hydrogen-bond donors (Lipinski definition) is 1. The molecule has 2 aromatic rings. The van der Waals surface area contributed by atoms with Gasteiger partial charge in [-0.15, -0.1) is 11.3 Å². The summed E-state index contributed by atoms with van der Waals surface area (Å²) in [6, 6.07) is 7.60. The van der Waals surface area contributed by atoms with Crippen LogP contribution in [0.2, 0.25) is 0 Å². The quantitative estimate of drug-likeness (QED) is 0.810. The van der Waals surface area contributed by atoms with Gasteiger partial charge >= 0.3 is 0 Å². The molecule has 0 unspecified atom stereocenters. The van der Waals surface area contributed by atoms with Gasteiger partial charge in [-0.2, -0.15) is 0 Å². The Labute approximate surface area is 170 Å². The standard InChI is InChI=1S/C21H28N4O2S/c1-15-18(6-7-19(23-15)21(27)24(2)3)20(26)22-13-16-8-10-25(11-9-16)14-17-5-4-12-28-17/h4-7,12,16H,8-11,13-14H2,1-3H3,(H,22,26). The monoisotopic (exact) mass is 400 g/mol. The average Bonchev–Trinajstić information content (AvgIpc) is 3.19. The lowest BCUT2D eigenvalue weighted by molar-refractivity contribution is 0.0820. The fourth-order valence-electron chi connectivity index (χ4n) is 3.45. The molecule has 0 saturated carbocycles. The minimum atomic E-state index is -0.163. The Hall–Kier alpha value is -2.25. The summed E-state index contributed by atoms with van der Waals surface area (Å²) in [5.41, 5.74) is 1.47. The molecule has 2 aromatic heterocycles. The second-order valence-electron chi connectivity index (χ2n) is 7.54. The third kappa shape index (κ3) is 5.17. The zero-order valence-corrected chi connectivity index (χ0v) is 17.6. The molecule has 0 radical (unpaired) electrons. The second-order valence-corrected chi connectivity index (χ2v) is 8.57. The fraction of sp³-hybridized carbons (Fsp3) is 0.476. The third-order valence-corrected chi connectivity index (χ3v) is 6.03. The van der Waals surface area contributed by atoms with Crippen LogP contribution in [0, 0.1) is 12.8 Å². The molecule has 2 amide bonds. The van der Waals surface area contributed by atoms with Crippen molar-refractivity contribution in [1.82, 2.24) is 20.1 Å². The largest absolute Gasteiger partial charge is 0.352 e. The van der Waals surface area contributed by atoms with E-state index in [0.717, 1.165) is 32.5 Å². The van der Waals surface area contributed by atoms with Gasteiger partial charge in [-0.1, -0.05) is 6.07 Å². The number of carbonyl (C=O) groups is 2. The molecule has 1 fully saturated rings. The molecule has 0 atom stereocenters. The summed E-state index contributed by atoms with van der Waals surface area (Å²) in [4.78, 5) is 34.2. The SMILES string of the molecule is Cc1nc(C(=O)N(C)C)ccc1C(=O)NCC1CCN(Cc2cccs2)CC1. The molecular formula is C21H28N4O2S. The summed E-state index contributed by atoms with van der Waals surface area (Å²) in [5.74, 6) is 0.227. The molecule has 6 nitrogen and oxygen atoms in total. The van der Waals surface area contributed by atoms with Crippen molar-refractivity contribution in [3.63, 3.8) is 0 Å². The highest BCUT2D eigenvalue weighted by Gasteiger charge is 2.21. The molecule has 1 aliphatic rings. The van der Waals surface area contributed by atoms with E-state index in [9.17, 15) is 9.59 Å². The van der Waals surface area contributed by atoms with E-state index in [1.807, 2.05) is 0 Å². The summed E-state index contributed by atoms with van der Waals surface area (Å²) in [6.07, 6.45) is 2.19. The summed E-state index contributed by atoms with van der Waals surface area (Å²) < 4.78 is 0. The topological polar surface area (TPSA) is 65.5 Å². The highest BCUT2D eigenvalue weighted by Crippen LogP contribution is 2.20. The number of amides is 2. The molecule has 7 heteroatoms. The number of likely N-dealkylation sites (tertiary alicyclic amines) is 1. The first-order valence-corrected chi connectivity index (χ1v) is 10.5. The van der Waals surface area contributed by atoms with Crippen LogP contribution in [0.3, 0.4) is 0 Å². The van der Waals surface area contributed by atoms with Crippen molar-refractivity contribution in [1.29, 1.82) is 0 Å². The Morgan fingerprint density at radius 1 is 1.25 bits per heavy atom. The van der Waals surface area contributed by atoms with Crippen molar-refractivity contribution in [3.8, 4) is 0 Å².